The first kappa shape index (κ1) is 13.8. The maximum atomic E-state index is 5.91. The number of nitrogens with zero attached hydrogens (tertiary/aromatic N) is 4. The first-order chi connectivity index (χ1) is 10.1. The molecule has 0 bridgehead atoms. The number of nitrogen functional groups attached to an aromatic ring is 1. The lowest BCUT2D eigenvalue weighted by Gasteiger charge is -2.18. The van der Waals surface area contributed by atoms with Gasteiger partial charge in [-0.05, 0) is 20.4 Å². The second-order valence-electron chi connectivity index (χ2n) is 5.58. The van der Waals surface area contributed by atoms with Gasteiger partial charge in [0.25, 0.3) is 0 Å². The lowest BCUT2D eigenvalue weighted by atomic mass is 10.2. The van der Waals surface area contributed by atoms with Crippen LogP contribution in [0.15, 0.2) is 12.3 Å². The molecule has 0 aliphatic carbocycles. The lowest BCUT2D eigenvalue weighted by molar-refractivity contribution is -0.726. The third-order valence-corrected chi connectivity index (χ3v) is 4.00. The van der Waals surface area contributed by atoms with Crippen LogP contribution in [-0.4, -0.2) is 41.2 Å². The van der Waals surface area contributed by atoms with Gasteiger partial charge in [-0.1, -0.05) is 0 Å². The van der Waals surface area contributed by atoms with Gasteiger partial charge >= 0.3 is 0 Å². The van der Waals surface area contributed by atoms with Crippen molar-refractivity contribution < 1.29 is 4.68 Å². The molecule has 0 amide bonds. The zero-order chi connectivity index (χ0) is 15.0. The highest BCUT2D eigenvalue weighted by atomic mass is 15.3. The fourth-order valence-corrected chi connectivity index (χ4v) is 2.86. The van der Waals surface area contributed by atoms with Crippen LogP contribution >= 0.6 is 0 Å². The van der Waals surface area contributed by atoms with E-state index in [1.165, 1.54) is 0 Å². The highest BCUT2D eigenvalue weighted by molar-refractivity contribution is 5.65. The van der Waals surface area contributed by atoms with Gasteiger partial charge in [0.2, 0.25) is 12.1 Å². The number of aromatic nitrogens is 4. The minimum absolute atomic E-state index is 0.318. The monoisotopic (exact) mass is 288 g/mol. The van der Waals surface area contributed by atoms with Crippen LogP contribution in [0.3, 0.4) is 0 Å². The van der Waals surface area contributed by atoms with Crippen LogP contribution in [0.25, 0.3) is 11.3 Å². The molecule has 1 aliphatic heterocycles. The molecule has 0 unspecified atom stereocenters. The van der Waals surface area contributed by atoms with Gasteiger partial charge in [0.15, 0.2) is 7.05 Å². The summed E-state index contributed by atoms with van der Waals surface area (Å²) in [5.74, 6) is 1.22. The Morgan fingerprint density at radius 1 is 1.48 bits per heavy atom. The molecule has 3 rings (SSSR count). The van der Waals surface area contributed by atoms with Crippen molar-refractivity contribution in [3.8, 4) is 11.3 Å². The summed E-state index contributed by atoms with van der Waals surface area (Å²) in [5, 5.41) is 6.53. The van der Waals surface area contributed by atoms with Gasteiger partial charge < -0.3 is 16.0 Å². The summed E-state index contributed by atoms with van der Waals surface area (Å²) in [4.78, 5) is 11.0. The van der Waals surface area contributed by atoms with E-state index in [1.54, 1.807) is 0 Å². The quantitative estimate of drug-likeness (QED) is 0.691. The maximum absolute atomic E-state index is 5.91. The van der Waals surface area contributed by atoms with Gasteiger partial charge in [0.05, 0.1) is 17.0 Å². The van der Waals surface area contributed by atoms with Crippen LogP contribution < -0.4 is 20.6 Å². The standard InChI is InChI=1S/C14H21N7/c1-9-11(8-20(3)19-9)12-6-13(18-14(15)17-12)21-5-4-10(7-21)16-2/h6,8,10,16H,4-5,7H2,1-3H3,(H2,15,17,18)/p+1/t10-/m1/s1. The Hall–Kier alpha value is -2.15. The van der Waals surface area contributed by atoms with Gasteiger partial charge in [-0.3, -0.25) is 0 Å². The fourth-order valence-electron chi connectivity index (χ4n) is 2.86. The van der Waals surface area contributed by atoms with E-state index >= 15 is 0 Å². The average molecular weight is 288 g/mol. The minimum Gasteiger partial charge on any atom is -0.368 e. The number of anilines is 2. The van der Waals surface area contributed by atoms with Crippen LogP contribution in [-0.2, 0) is 7.05 Å². The van der Waals surface area contributed by atoms with E-state index in [4.69, 9.17) is 5.73 Å². The van der Waals surface area contributed by atoms with Crippen LogP contribution in [0, 0.1) is 6.92 Å². The Kier molecular flexibility index (Phi) is 3.50. The van der Waals surface area contributed by atoms with E-state index < -0.39 is 0 Å². The number of hydrogen-bond acceptors (Lipinski definition) is 5. The van der Waals surface area contributed by atoms with E-state index in [1.807, 2.05) is 38.0 Å². The molecule has 1 aliphatic rings. The van der Waals surface area contributed by atoms with Crippen LogP contribution in [0.5, 0.6) is 0 Å². The van der Waals surface area contributed by atoms with Crippen molar-refractivity contribution in [1.82, 2.24) is 20.4 Å². The van der Waals surface area contributed by atoms with Crippen molar-refractivity contribution in [3.05, 3.63) is 18.0 Å². The number of H-pyrrole nitrogens is 1. The lowest BCUT2D eigenvalue weighted by Crippen LogP contribution is -2.30. The Balaban J connectivity index is 1.95. The second-order valence-corrected chi connectivity index (χ2v) is 5.58. The smallest absolute Gasteiger partial charge is 0.222 e. The van der Waals surface area contributed by atoms with Crippen LogP contribution in [0.1, 0.15) is 12.1 Å². The molecule has 3 heterocycles. The number of rotatable bonds is 3. The Morgan fingerprint density at radius 3 is 2.90 bits per heavy atom. The molecule has 112 valence electrons. The summed E-state index contributed by atoms with van der Waals surface area (Å²) in [7, 11) is 3.96. The van der Waals surface area contributed by atoms with E-state index in [0.29, 0.717) is 12.0 Å². The molecule has 1 saturated heterocycles. The molecule has 7 nitrogen and oxygen atoms in total. The Bertz CT molecular complexity index is 649. The summed E-state index contributed by atoms with van der Waals surface area (Å²) >= 11 is 0. The van der Waals surface area contributed by atoms with E-state index in [2.05, 4.69) is 25.3 Å². The topological polar surface area (TPSA) is 86.7 Å². The molecule has 4 N–H and O–H groups in total. The van der Waals surface area contributed by atoms with Crippen molar-refractivity contribution in [2.75, 3.05) is 30.8 Å². The summed E-state index contributed by atoms with van der Waals surface area (Å²) in [6.07, 6.45) is 3.13. The number of nitrogens with one attached hydrogen (secondary N) is 2. The van der Waals surface area contributed by atoms with Gasteiger partial charge in [0.1, 0.15) is 5.82 Å². The van der Waals surface area contributed by atoms with E-state index in [-0.39, 0.29) is 0 Å². The molecule has 1 fully saturated rings. The maximum Gasteiger partial charge on any atom is 0.222 e. The van der Waals surface area contributed by atoms with Crippen molar-refractivity contribution in [2.45, 2.75) is 19.4 Å². The molecule has 0 saturated carbocycles. The predicted molar refractivity (Wildman–Crippen MR) is 81.8 cm³/mol. The average Bonchev–Trinajstić information content (AvgIpc) is 3.04. The van der Waals surface area contributed by atoms with Crippen molar-refractivity contribution in [3.63, 3.8) is 0 Å². The van der Waals surface area contributed by atoms with Crippen LogP contribution in [0.4, 0.5) is 11.8 Å². The highest BCUT2D eigenvalue weighted by Gasteiger charge is 2.23. The second kappa shape index (κ2) is 5.33. The molecule has 21 heavy (non-hydrogen) atoms. The van der Waals surface area contributed by atoms with E-state index in [9.17, 15) is 0 Å². The molecule has 0 spiro atoms. The number of likely N-dealkylation sites (N-methyl/N-ethyl adjacent to an activating group) is 1. The number of aryl methyl sites for hydroxylation is 2. The van der Waals surface area contributed by atoms with E-state index in [0.717, 1.165) is 42.3 Å². The summed E-state index contributed by atoms with van der Waals surface area (Å²) in [6.45, 7) is 3.97. The number of nitrogens with two attached hydrogens (primary N) is 1. The summed E-state index contributed by atoms with van der Waals surface area (Å²) < 4.78 is 1.91. The molecule has 2 aromatic heterocycles. The Morgan fingerprint density at radius 2 is 2.29 bits per heavy atom. The third-order valence-electron chi connectivity index (χ3n) is 4.00. The first-order valence-electron chi connectivity index (χ1n) is 7.19. The SMILES string of the molecule is CN[C@@H]1CCN(c2cc(-c3c[n+](C)[nH]c3C)nc(N)n2)C1. The molecule has 0 radical (unpaired) electrons. The Labute approximate surface area is 124 Å². The number of hydrogen-bond donors (Lipinski definition) is 3. The third kappa shape index (κ3) is 2.69. The number of aromatic amines is 1. The van der Waals surface area contributed by atoms with Crippen molar-refractivity contribution in [2.24, 2.45) is 7.05 Å². The van der Waals surface area contributed by atoms with Gasteiger partial charge in [0, 0.05) is 25.2 Å². The summed E-state index contributed by atoms with van der Waals surface area (Å²) in [5.41, 5.74) is 8.89. The zero-order valence-corrected chi connectivity index (χ0v) is 12.7. The van der Waals surface area contributed by atoms with Crippen LogP contribution in [0.2, 0.25) is 0 Å². The molecule has 7 heteroatoms. The van der Waals surface area contributed by atoms with Crippen molar-refractivity contribution >= 4 is 11.8 Å². The normalized spacial score (nSPS) is 18.4. The molecule has 2 aromatic rings. The summed E-state index contributed by atoms with van der Waals surface area (Å²) in [6, 6.07) is 2.53. The molecular weight excluding hydrogens is 266 g/mol. The molecule has 0 aromatic carbocycles. The zero-order valence-electron chi connectivity index (χ0n) is 12.7. The molecular formula is C14H22N7+. The highest BCUT2D eigenvalue weighted by Crippen LogP contribution is 2.25. The fraction of sp³-hybridized carbons (Fsp3) is 0.500. The largest absolute Gasteiger partial charge is 0.368 e. The van der Waals surface area contributed by atoms with Crippen molar-refractivity contribution in [1.29, 1.82) is 0 Å². The van der Waals surface area contributed by atoms with Gasteiger partial charge in [-0.2, -0.15) is 10.1 Å². The first-order valence-corrected chi connectivity index (χ1v) is 7.19. The minimum atomic E-state index is 0.318. The van der Waals surface area contributed by atoms with Gasteiger partial charge in [-0.25, -0.2) is 4.98 Å². The molecule has 1 atom stereocenters. The predicted octanol–water partition coefficient (Wildman–Crippen LogP) is -0.0151. The van der Waals surface area contributed by atoms with Gasteiger partial charge in [-0.15, -0.1) is 4.68 Å².